The van der Waals surface area contributed by atoms with Crippen LogP contribution in [0.5, 0.6) is 5.75 Å². The van der Waals surface area contributed by atoms with Gasteiger partial charge in [0, 0.05) is 22.0 Å². The Hall–Kier alpha value is -3.96. The van der Waals surface area contributed by atoms with Gasteiger partial charge in [0.15, 0.2) is 6.61 Å². The van der Waals surface area contributed by atoms with Gasteiger partial charge in [0.05, 0.1) is 12.0 Å². The minimum absolute atomic E-state index is 0.0575. The van der Waals surface area contributed by atoms with Gasteiger partial charge in [-0.05, 0) is 54.6 Å². The largest absolute Gasteiger partial charge is 0.483 e. The molecule has 0 bridgehead atoms. The summed E-state index contributed by atoms with van der Waals surface area (Å²) in [6, 6.07) is 14.9. The molecule has 35 heavy (non-hydrogen) atoms. The van der Waals surface area contributed by atoms with Crippen LogP contribution >= 0.6 is 11.6 Å². The Morgan fingerprint density at radius 2 is 1.63 bits per heavy atom. The summed E-state index contributed by atoms with van der Waals surface area (Å²) < 4.78 is 45.4. The van der Waals surface area contributed by atoms with E-state index < -0.39 is 39.5 Å². The predicted molar refractivity (Wildman–Crippen MR) is 126 cm³/mol. The molecule has 0 unspecified atom stereocenters. The third kappa shape index (κ3) is 7.01. The van der Waals surface area contributed by atoms with E-state index in [1.54, 1.807) is 12.1 Å². The molecule has 0 spiro atoms. The number of nitrogens with one attached hydrogen (secondary N) is 2. The number of hydrogen-bond donors (Lipinski definition) is 2. The van der Waals surface area contributed by atoms with Crippen molar-refractivity contribution >= 4 is 51.0 Å². The summed E-state index contributed by atoms with van der Waals surface area (Å²) in [4.78, 5) is 36.0. The van der Waals surface area contributed by atoms with Crippen molar-refractivity contribution in [3.05, 3.63) is 82.9 Å². The van der Waals surface area contributed by atoms with E-state index >= 15 is 0 Å². The maximum absolute atomic E-state index is 13.2. The smallest absolute Gasteiger partial charge is 0.341 e. The van der Waals surface area contributed by atoms with E-state index in [1.807, 2.05) is 0 Å². The number of amides is 2. The highest BCUT2D eigenvalue weighted by Gasteiger charge is 2.16. The normalized spacial score (nSPS) is 10.8. The van der Waals surface area contributed by atoms with Crippen LogP contribution in [0.15, 0.2) is 71.6 Å². The number of benzene rings is 3. The predicted octanol–water partition coefficient (Wildman–Crippen LogP) is 4.05. The average molecular weight is 521 g/mol. The Morgan fingerprint density at radius 3 is 2.31 bits per heavy atom. The standard InChI is InChI=1S/C23H18ClFN2O7S/c1-33-23(30)19-11-15(24)8-9-20(19)34-13-21(28)26-16-5-3-6-17(12-16)27-22(29)14-4-2-7-18(10-14)35(25,31)32/h2-12H,13H2,1H3,(H,26,28)(H,27,29). The number of halogens is 2. The Balaban J connectivity index is 1.64. The summed E-state index contributed by atoms with van der Waals surface area (Å²) in [6.45, 7) is -0.438. The van der Waals surface area contributed by atoms with Gasteiger partial charge in [-0.15, -0.1) is 3.89 Å². The van der Waals surface area contributed by atoms with Crippen molar-refractivity contribution in [2.45, 2.75) is 4.90 Å². The number of anilines is 2. The van der Waals surface area contributed by atoms with Crippen LogP contribution in [0.25, 0.3) is 0 Å². The van der Waals surface area contributed by atoms with E-state index in [0.717, 1.165) is 12.1 Å². The minimum atomic E-state index is -4.96. The summed E-state index contributed by atoms with van der Waals surface area (Å²) in [6.07, 6.45) is 0. The van der Waals surface area contributed by atoms with Crippen LogP contribution in [0.4, 0.5) is 15.3 Å². The topological polar surface area (TPSA) is 128 Å². The van der Waals surface area contributed by atoms with E-state index in [4.69, 9.17) is 16.3 Å². The first-order chi connectivity index (χ1) is 16.6. The molecular formula is C23H18ClFN2O7S. The first kappa shape index (κ1) is 25.7. The van der Waals surface area contributed by atoms with Gasteiger partial charge in [-0.2, -0.15) is 8.42 Å². The van der Waals surface area contributed by atoms with E-state index in [-0.39, 0.29) is 22.6 Å². The van der Waals surface area contributed by atoms with Crippen molar-refractivity contribution in [2.24, 2.45) is 0 Å². The van der Waals surface area contributed by atoms with Crippen molar-refractivity contribution in [3.8, 4) is 5.75 Å². The molecule has 0 saturated heterocycles. The molecule has 9 nitrogen and oxygen atoms in total. The van der Waals surface area contributed by atoms with E-state index in [9.17, 15) is 26.7 Å². The Morgan fingerprint density at radius 1 is 0.943 bits per heavy atom. The zero-order valence-corrected chi connectivity index (χ0v) is 19.7. The monoisotopic (exact) mass is 520 g/mol. The highest BCUT2D eigenvalue weighted by molar-refractivity contribution is 7.86. The maximum atomic E-state index is 13.2. The summed E-state index contributed by atoms with van der Waals surface area (Å²) in [5, 5.41) is 5.41. The zero-order chi connectivity index (χ0) is 25.6. The van der Waals surface area contributed by atoms with Crippen molar-refractivity contribution in [2.75, 3.05) is 24.4 Å². The lowest BCUT2D eigenvalue weighted by Crippen LogP contribution is -2.21. The van der Waals surface area contributed by atoms with Gasteiger partial charge in [0.2, 0.25) is 0 Å². The van der Waals surface area contributed by atoms with Crippen LogP contribution in [-0.4, -0.2) is 39.9 Å². The molecule has 3 aromatic rings. The Kier molecular flexibility index (Phi) is 8.05. The average Bonchev–Trinajstić information content (AvgIpc) is 2.82. The minimum Gasteiger partial charge on any atom is -0.483 e. The molecule has 0 saturated carbocycles. The maximum Gasteiger partial charge on any atom is 0.341 e. The number of rotatable bonds is 8. The van der Waals surface area contributed by atoms with Gasteiger partial charge in [0.1, 0.15) is 11.3 Å². The van der Waals surface area contributed by atoms with E-state index in [2.05, 4.69) is 15.4 Å². The highest BCUT2D eigenvalue weighted by Crippen LogP contribution is 2.24. The second kappa shape index (κ2) is 11.0. The molecule has 0 aliphatic carbocycles. The Bertz CT molecular complexity index is 1400. The van der Waals surface area contributed by atoms with Gasteiger partial charge in [0.25, 0.3) is 11.8 Å². The lowest BCUT2D eigenvalue weighted by atomic mass is 10.2. The molecule has 0 radical (unpaired) electrons. The SMILES string of the molecule is COC(=O)c1cc(Cl)ccc1OCC(=O)Nc1cccc(NC(=O)c2cccc(S(=O)(=O)F)c2)c1. The lowest BCUT2D eigenvalue weighted by Gasteiger charge is -2.12. The first-order valence-electron chi connectivity index (χ1n) is 9.83. The van der Waals surface area contributed by atoms with Crippen LogP contribution in [0, 0.1) is 0 Å². The first-order valence-corrected chi connectivity index (χ1v) is 11.6. The number of hydrogen-bond acceptors (Lipinski definition) is 7. The fourth-order valence-electron chi connectivity index (χ4n) is 2.90. The molecule has 0 fully saturated rings. The van der Waals surface area contributed by atoms with Gasteiger partial charge in [-0.25, -0.2) is 4.79 Å². The molecule has 0 heterocycles. The van der Waals surface area contributed by atoms with Crippen molar-refractivity contribution in [3.63, 3.8) is 0 Å². The summed E-state index contributed by atoms with van der Waals surface area (Å²) >= 11 is 5.89. The summed E-state index contributed by atoms with van der Waals surface area (Å²) in [7, 11) is -3.76. The van der Waals surface area contributed by atoms with Crippen LogP contribution < -0.4 is 15.4 Å². The van der Waals surface area contributed by atoms with Crippen molar-refractivity contribution < 1.29 is 36.2 Å². The fourth-order valence-corrected chi connectivity index (χ4v) is 3.59. The fraction of sp³-hybridized carbons (Fsp3) is 0.0870. The van der Waals surface area contributed by atoms with Gasteiger partial charge >= 0.3 is 16.2 Å². The molecule has 0 aliphatic heterocycles. The molecule has 0 aliphatic rings. The molecule has 0 aromatic heterocycles. The third-order valence-electron chi connectivity index (χ3n) is 4.49. The molecule has 2 amide bonds. The molecule has 0 atom stereocenters. The number of carbonyl (C=O) groups excluding carboxylic acids is 3. The van der Waals surface area contributed by atoms with Gasteiger partial charge in [-0.3, -0.25) is 9.59 Å². The summed E-state index contributed by atoms with van der Waals surface area (Å²) in [5.41, 5.74) is 0.590. The third-order valence-corrected chi connectivity index (χ3v) is 5.54. The number of esters is 1. The second-order valence-electron chi connectivity index (χ2n) is 6.97. The van der Waals surface area contributed by atoms with Crippen molar-refractivity contribution in [1.82, 2.24) is 0 Å². The molecule has 12 heteroatoms. The summed E-state index contributed by atoms with van der Waals surface area (Å²) in [5.74, 6) is -1.81. The zero-order valence-electron chi connectivity index (χ0n) is 18.1. The number of methoxy groups -OCH3 is 1. The van der Waals surface area contributed by atoms with E-state index in [0.29, 0.717) is 10.7 Å². The second-order valence-corrected chi connectivity index (χ2v) is 8.75. The molecular weight excluding hydrogens is 503 g/mol. The van der Waals surface area contributed by atoms with E-state index in [1.165, 1.54) is 49.6 Å². The van der Waals surface area contributed by atoms with Crippen LogP contribution in [0.2, 0.25) is 5.02 Å². The molecule has 182 valence electrons. The highest BCUT2D eigenvalue weighted by atomic mass is 35.5. The quantitative estimate of drug-likeness (QED) is 0.338. The van der Waals surface area contributed by atoms with Crippen molar-refractivity contribution in [1.29, 1.82) is 0 Å². The Labute approximate surface area is 205 Å². The van der Waals surface area contributed by atoms with Gasteiger partial charge in [-0.1, -0.05) is 23.7 Å². The van der Waals surface area contributed by atoms with Crippen LogP contribution in [-0.2, 0) is 19.8 Å². The number of carbonyl (C=O) groups is 3. The number of ether oxygens (including phenoxy) is 2. The van der Waals surface area contributed by atoms with Gasteiger partial charge < -0.3 is 20.1 Å². The molecule has 3 aromatic carbocycles. The van der Waals surface area contributed by atoms with Crippen LogP contribution in [0.3, 0.4) is 0 Å². The van der Waals surface area contributed by atoms with Crippen LogP contribution in [0.1, 0.15) is 20.7 Å². The molecule has 3 rings (SSSR count). The lowest BCUT2D eigenvalue weighted by molar-refractivity contribution is -0.118. The molecule has 2 N–H and O–H groups in total.